The number of halogens is 1. The Morgan fingerprint density at radius 3 is 2.57 bits per heavy atom. The average Bonchev–Trinajstić information content (AvgIpc) is 2.45. The number of hydrogen-bond acceptors (Lipinski definition) is 3. The van der Waals surface area contributed by atoms with Crippen molar-refractivity contribution in [1.29, 1.82) is 0 Å². The van der Waals surface area contributed by atoms with Gasteiger partial charge in [-0.3, -0.25) is 4.79 Å². The molecule has 0 aliphatic heterocycles. The third-order valence-electron chi connectivity index (χ3n) is 2.83. The van der Waals surface area contributed by atoms with Gasteiger partial charge in [0.1, 0.15) is 5.75 Å². The van der Waals surface area contributed by atoms with E-state index >= 15 is 0 Å². The first-order valence-electron chi connectivity index (χ1n) is 6.06. The quantitative estimate of drug-likeness (QED) is 0.810. The molecule has 0 heterocycles. The lowest BCUT2D eigenvalue weighted by Gasteiger charge is -2.08. The Balaban J connectivity index is 2.07. The second-order valence-electron chi connectivity index (χ2n) is 4.35. The molecule has 0 bridgehead atoms. The van der Waals surface area contributed by atoms with E-state index in [0.717, 1.165) is 0 Å². The van der Waals surface area contributed by atoms with Crippen molar-refractivity contribution in [2.24, 2.45) is 0 Å². The number of benzene rings is 2. The summed E-state index contributed by atoms with van der Waals surface area (Å²) in [7, 11) is 0. The summed E-state index contributed by atoms with van der Waals surface area (Å²) in [5.74, 6) is -1.71. The van der Waals surface area contributed by atoms with Crippen LogP contribution in [0, 0.1) is 0 Å². The molecule has 3 N–H and O–H groups in total. The molecule has 2 rings (SSSR count). The number of carboxylic acids is 1. The van der Waals surface area contributed by atoms with E-state index in [-0.39, 0.29) is 23.4 Å². The molecule has 2 aromatic carbocycles. The molecule has 0 saturated carbocycles. The zero-order valence-electron chi connectivity index (χ0n) is 10.8. The molecule has 6 heteroatoms. The molecule has 0 fully saturated rings. The number of nitrogens with one attached hydrogen (secondary N) is 1. The van der Waals surface area contributed by atoms with Crippen LogP contribution in [-0.2, 0) is 6.54 Å². The molecule has 0 spiro atoms. The molecule has 21 heavy (non-hydrogen) atoms. The van der Waals surface area contributed by atoms with E-state index in [2.05, 4.69) is 5.32 Å². The third kappa shape index (κ3) is 3.73. The Morgan fingerprint density at radius 2 is 1.90 bits per heavy atom. The molecule has 5 nitrogen and oxygen atoms in total. The number of carbonyl (C=O) groups excluding carboxylic acids is 1. The van der Waals surface area contributed by atoms with Gasteiger partial charge in [0.2, 0.25) is 0 Å². The van der Waals surface area contributed by atoms with Crippen LogP contribution in [0.15, 0.2) is 42.5 Å². The molecule has 0 aromatic heterocycles. The number of phenolic OH excluding ortho intramolecular Hbond substituents is 1. The van der Waals surface area contributed by atoms with E-state index in [1.807, 2.05) is 0 Å². The maximum absolute atomic E-state index is 11.9. The number of aromatic carboxylic acids is 1. The Labute approximate surface area is 125 Å². The minimum atomic E-state index is -1.03. The topological polar surface area (TPSA) is 86.6 Å². The van der Waals surface area contributed by atoms with Crippen molar-refractivity contribution >= 4 is 23.5 Å². The van der Waals surface area contributed by atoms with Gasteiger partial charge in [-0.05, 0) is 35.9 Å². The zero-order valence-corrected chi connectivity index (χ0v) is 11.6. The average molecular weight is 306 g/mol. The summed E-state index contributed by atoms with van der Waals surface area (Å²) in [6, 6.07) is 10.4. The first-order chi connectivity index (χ1) is 9.97. The van der Waals surface area contributed by atoms with Gasteiger partial charge in [0, 0.05) is 11.6 Å². The highest BCUT2D eigenvalue weighted by Gasteiger charge is 2.11. The molecule has 0 aliphatic rings. The van der Waals surface area contributed by atoms with Crippen LogP contribution in [0.3, 0.4) is 0 Å². The highest BCUT2D eigenvalue weighted by atomic mass is 35.5. The minimum Gasteiger partial charge on any atom is -0.507 e. The molecule has 0 unspecified atom stereocenters. The fraction of sp³-hybridized carbons (Fsp3) is 0.0667. The second kappa shape index (κ2) is 6.28. The van der Waals surface area contributed by atoms with Crippen LogP contribution < -0.4 is 5.32 Å². The summed E-state index contributed by atoms with van der Waals surface area (Å²) in [5.41, 5.74) is 0.904. The van der Waals surface area contributed by atoms with Crippen LogP contribution >= 0.6 is 11.6 Å². The van der Waals surface area contributed by atoms with E-state index < -0.39 is 11.9 Å². The number of rotatable bonds is 4. The monoisotopic (exact) mass is 305 g/mol. The molecular formula is C15H12ClNO4. The third-order valence-corrected chi connectivity index (χ3v) is 3.07. The molecule has 0 saturated heterocycles. The van der Waals surface area contributed by atoms with E-state index in [9.17, 15) is 14.7 Å². The molecular weight excluding hydrogens is 294 g/mol. The Kier molecular flexibility index (Phi) is 4.45. The van der Waals surface area contributed by atoms with Crippen molar-refractivity contribution in [1.82, 2.24) is 5.32 Å². The molecule has 0 radical (unpaired) electrons. The van der Waals surface area contributed by atoms with Crippen LogP contribution in [0.4, 0.5) is 0 Å². The van der Waals surface area contributed by atoms with Crippen LogP contribution in [-0.4, -0.2) is 22.1 Å². The van der Waals surface area contributed by atoms with Crippen molar-refractivity contribution in [2.45, 2.75) is 6.54 Å². The maximum atomic E-state index is 11.9. The lowest BCUT2D eigenvalue weighted by atomic mass is 10.1. The van der Waals surface area contributed by atoms with Crippen LogP contribution in [0.5, 0.6) is 5.75 Å². The summed E-state index contributed by atoms with van der Waals surface area (Å²) in [6.45, 7) is 0.155. The van der Waals surface area contributed by atoms with Crippen molar-refractivity contribution < 1.29 is 19.8 Å². The predicted molar refractivity (Wildman–Crippen MR) is 77.7 cm³/mol. The number of aromatic hydroxyl groups is 1. The first-order valence-corrected chi connectivity index (χ1v) is 6.44. The maximum Gasteiger partial charge on any atom is 0.335 e. The fourth-order valence-electron chi connectivity index (χ4n) is 1.79. The van der Waals surface area contributed by atoms with E-state index in [1.54, 1.807) is 12.1 Å². The Morgan fingerprint density at radius 1 is 1.14 bits per heavy atom. The summed E-state index contributed by atoms with van der Waals surface area (Å²) >= 11 is 5.69. The molecule has 108 valence electrons. The van der Waals surface area contributed by atoms with Gasteiger partial charge in [-0.15, -0.1) is 0 Å². The standard InChI is InChI=1S/C15H12ClNO4/c16-11-4-5-12(13(18)7-11)14(19)17-8-9-2-1-3-10(6-9)15(20)21/h1-7,18H,8H2,(H,17,19)(H,20,21). The molecule has 0 aliphatic carbocycles. The fourth-order valence-corrected chi connectivity index (χ4v) is 1.96. The van der Waals surface area contributed by atoms with Crippen molar-refractivity contribution in [2.75, 3.05) is 0 Å². The van der Waals surface area contributed by atoms with Crippen LogP contribution in [0.25, 0.3) is 0 Å². The highest BCUT2D eigenvalue weighted by molar-refractivity contribution is 6.30. The van der Waals surface area contributed by atoms with Crippen molar-refractivity contribution in [3.05, 3.63) is 64.2 Å². The molecule has 1 amide bonds. The normalized spacial score (nSPS) is 10.1. The first kappa shape index (κ1) is 14.9. The summed E-state index contributed by atoms with van der Waals surface area (Å²) in [5, 5.41) is 21.5. The van der Waals surface area contributed by atoms with Gasteiger partial charge in [0.15, 0.2) is 0 Å². The zero-order chi connectivity index (χ0) is 15.4. The van der Waals surface area contributed by atoms with E-state index in [4.69, 9.17) is 16.7 Å². The number of carbonyl (C=O) groups is 2. The number of carboxylic acid groups (broad SMARTS) is 1. The van der Waals surface area contributed by atoms with Crippen molar-refractivity contribution in [3.8, 4) is 5.75 Å². The number of amides is 1. The molecule has 2 aromatic rings. The summed E-state index contributed by atoms with van der Waals surface area (Å²) in [4.78, 5) is 22.8. The van der Waals surface area contributed by atoms with E-state index in [0.29, 0.717) is 10.6 Å². The van der Waals surface area contributed by atoms with Crippen LogP contribution in [0.1, 0.15) is 26.3 Å². The minimum absolute atomic E-state index is 0.105. The van der Waals surface area contributed by atoms with Crippen LogP contribution in [0.2, 0.25) is 5.02 Å². The van der Waals surface area contributed by atoms with Crippen molar-refractivity contribution in [3.63, 3.8) is 0 Å². The van der Waals surface area contributed by atoms with Gasteiger partial charge in [-0.25, -0.2) is 4.79 Å². The summed E-state index contributed by atoms with van der Waals surface area (Å²) in [6.07, 6.45) is 0. The predicted octanol–water partition coefficient (Wildman–Crippen LogP) is 2.67. The highest BCUT2D eigenvalue weighted by Crippen LogP contribution is 2.21. The number of phenols is 1. The smallest absolute Gasteiger partial charge is 0.335 e. The van der Waals surface area contributed by atoms with Gasteiger partial charge in [-0.1, -0.05) is 23.7 Å². The van der Waals surface area contributed by atoms with Gasteiger partial charge in [0.05, 0.1) is 11.1 Å². The van der Waals surface area contributed by atoms with Gasteiger partial charge >= 0.3 is 5.97 Å². The largest absolute Gasteiger partial charge is 0.507 e. The summed E-state index contributed by atoms with van der Waals surface area (Å²) < 4.78 is 0. The van der Waals surface area contributed by atoms with Gasteiger partial charge < -0.3 is 15.5 Å². The SMILES string of the molecule is O=C(O)c1cccc(CNC(=O)c2ccc(Cl)cc2O)c1. The number of hydrogen-bond donors (Lipinski definition) is 3. The molecule has 0 atom stereocenters. The lowest BCUT2D eigenvalue weighted by molar-refractivity contribution is 0.0696. The second-order valence-corrected chi connectivity index (χ2v) is 4.79. The Bertz CT molecular complexity index is 700. The lowest BCUT2D eigenvalue weighted by Crippen LogP contribution is -2.23. The van der Waals surface area contributed by atoms with Gasteiger partial charge in [0.25, 0.3) is 5.91 Å². The van der Waals surface area contributed by atoms with Gasteiger partial charge in [-0.2, -0.15) is 0 Å². The Hall–Kier alpha value is -2.53. The van der Waals surface area contributed by atoms with E-state index in [1.165, 1.54) is 30.3 Å².